The first-order chi connectivity index (χ1) is 40.9. The van der Waals surface area contributed by atoms with Gasteiger partial charge in [-0.1, -0.05) is 91.0 Å². The third-order valence-corrected chi connectivity index (χ3v) is 15.0. The van der Waals surface area contributed by atoms with Crippen LogP contribution in [0, 0.1) is 25.2 Å². The van der Waals surface area contributed by atoms with Crippen LogP contribution in [0.3, 0.4) is 0 Å². The summed E-state index contributed by atoms with van der Waals surface area (Å²) in [6, 6.07) is 55.7. The van der Waals surface area contributed by atoms with Crippen LogP contribution in [-0.2, 0) is 17.3 Å². The van der Waals surface area contributed by atoms with Crippen molar-refractivity contribution in [2.75, 3.05) is 16.0 Å². The zero-order chi connectivity index (χ0) is 58.9. The second-order valence-corrected chi connectivity index (χ2v) is 22.1. The summed E-state index contributed by atoms with van der Waals surface area (Å²) in [6.45, 7) is 7.98. The number of anilines is 3. The van der Waals surface area contributed by atoms with Gasteiger partial charge in [-0.05, 0) is 139 Å². The van der Waals surface area contributed by atoms with Crippen molar-refractivity contribution in [3.8, 4) is 11.8 Å². The van der Waals surface area contributed by atoms with Crippen molar-refractivity contribution in [1.29, 1.82) is 5.26 Å². The number of ether oxygens (including phenoxy) is 1. The predicted molar refractivity (Wildman–Crippen MR) is 336 cm³/mol. The molecule has 14 nitrogen and oxygen atoms in total. The fraction of sp³-hybridized carbons (Fsp3) is 0.134. The van der Waals surface area contributed by atoms with E-state index in [9.17, 15) is 19.6 Å². The molecule has 7 aromatic carbocycles. The van der Waals surface area contributed by atoms with Gasteiger partial charge in [0.2, 0.25) is 0 Å². The van der Waals surface area contributed by atoms with Gasteiger partial charge in [-0.15, -0.1) is 35.3 Å². The molecule has 3 amide bonds. The van der Waals surface area contributed by atoms with E-state index in [-0.39, 0.29) is 29.7 Å². The molecule has 420 valence electrons. The second-order valence-electron chi connectivity index (χ2n) is 19.1. The van der Waals surface area contributed by atoms with Crippen LogP contribution in [-0.4, -0.2) is 53.7 Å². The van der Waals surface area contributed by atoms with Crippen molar-refractivity contribution in [2.24, 2.45) is 0 Å². The Morgan fingerprint density at radius 1 is 0.464 bits per heavy atom. The highest BCUT2D eigenvalue weighted by Crippen LogP contribution is 2.28. The molecule has 0 spiro atoms. The molecule has 0 aliphatic rings. The Morgan fingerprint density at radius 2 is 0.893 bits per heavy atom. The van der Waals surface area contributed by atoms with Crippen LogP contribution < -0.4 is 20.7 Å². The van der Waals surface area contributed by atoms with Crippen molar-refractivity contribution in [1.82, 2.24) is 29.9 Å². The summed E-state index contributed by atoms with van der Waals surface area (Å²) < 4.78 is 5.67. The fourth-order valence-corrected chi connectivity index (χ4v) is 10.6. The molecule has 0 saturated carbocycles. The number of benzene rings is 7. The molecule has 3 N–H and O–H groups in total. The zero-order valence-corrected chi connectivity index (χ0v) is 49.1. The summed E-state index contributed by atoms with van der Waals surface area (Å²) in [7, 11) is 0. The van der Waals surface area contributed by atoms with E-state index in [1.54, 1.807) is 103 Å². The van der Waals surface area contributed by atoms with Crippen LogP contribution in [0.2, 0.25) is 0 Å². The van der Waals surface area contributed by atoms with E-state index < -0.39 is 0 Å². The van der Waals surface area contributed by atoms with Crippen molar-refractivity contribution in [2.45, 2.75) is 72.1 Å². The van der Waals surface area contributed by atoms with Gasteiger partial charge in [0.05, 0.1) is 36.7 Å². The summed E-state index contributed by atoms with van der Waals surface area (Å²) in [5.74, 6) is 2.12. The molecule has 10 rings (SSSR count). The second kappa shape index (κ2) is 31.7. The summed E-state index contributed by atoms with van der Waals surface area (Å²) in [4.78, 5) is 62.8. The highest BCUT2D eigenvalue weighted by Gasteiger charge is 2.15. The molecule has 0 aliphatic heterocycles. The summed E-state index contributed by atoms with van der Waals surface area (Å²) >= 11 is 4.75. The lowest BCUT2D eigenvalue weighted by Crippen LogP contribution is -2.12. The molecular formula is C67H60N10O4S3. The van der Waals surface area contributed by atoms with Crippen LogP contribution in [0.15, 0.2) is 241 Å². The highest BCUT2D eigenvalue weighted by molar-refractivity contribution is 7.98. The quantitative estimate of drug-likeness (QED) is 0.0646. The number of thioether (sulfide) groups is 3. The molecule has 0 bridgehead atoms. The molecule has 0 fully saturated rings. The largest absolute Gasteiger partial charge is 0.491 e. The van der Waals surface area contributed by atoms with Crippen molar-refractivity contribution in [3.63, 3.8) is 0 Å². The lowest BCUT2D eigenvalue weighted by atomic mass is 9.92. The molecule has 0 radical (unpaired) electrons. The van der Waals surface area contributed by atoms with E-state index in [2.05, 4.69) is 58.0 Å². The number of nitrogens with zero attached hydrogens (tertiary/aromatic N) is 7. The molecule has 10 aromatic rings. The van der Waals surface area contributed by atoms with Gasteiger partial charge in [0.15, 0.2) is 0 Å². The highest BCUT2D eigenvalue weighted by atomic mass is 32.2. The fourth-order valence-electron chi connectivity index (χ4n) is 8.28. The lowest BCUT2D eigenvalue weighted by Gasteiger charge is -2.12. The summed E-state index contributed by atoms with van der Waals surface area (Å²) in [5, 5.41) is 21.0. The molecular weight excluding hydrogens is 1110 g/mol. The molecule has 1 unspecified atom stereocenters. The Bertz CT molecular complexity index is 3770. The summed E-state index contributed by atoms with van der Waals surface area (Å²) in [6.07, 6.45) is 15.2. The number of rotatable bonds is 19. The van der Waals surface area contributed by atoms with E-state index in [1.165, 1.54) is 0 Å². The van der Waals surface area contributed by atoms with Crippen molar-refractivity contribution < 1.29 is 19.1 Å². The van der Waals surface area contributed by atoms with Gasteiger partial charge < -0.3 is 20.7 Å². The number of hydrogen-bond donors (Lipinski definition) is 3. The third-order valence-electron chi connectivity index (χ3n) is 12.1. The first-order valence-electron chi connectivity index (χ1n) is 26.7. The SMILES string of the molecule is CC(C)Oc1cccc(NC(=O)c2cccc(CSc3cnccn3)c2)c1.Cc1cc(C)cc(NC(=O)c2cccc(CSc3cnccn3)c2)c1.N#CC(c1ccccc1)c1ccc(NC(=O)c2cccc(CSc3cnccn3)c2)cc1. The number of hydrogen-bond acceptors (Lipinski definition) is 14. The number of nitriles is 1. The minimum Gasteiger partial charge on any atom is -0.491 e. The smallest absolute Gasteiger partial charge is 0.255 e. The minimum atomic E-state index is -0.343. The van der Waals surface area contributed by atoms with Gasteiger partial charge in [-0.3, -0.25) is 29.3 Å². The number of carbonyl (C=O) groups is 3. The Morgan fingerprint density at radius 3 is 1.32 bits per heavy atom. The third kappa shape index (κ3) is 19.6. The average Bonchev–Trinajstić information content (AvgIpc) is 3.62. The number of amides is 3. The number of nitrogens with one attached hydrogen (secondary N) is 3. The number of aromatic nitrogens is 6. The predicted octanol–water partition coefficient (Wildman–Crippen LogP) is 15.1. The molecule has 84 heavy (non-hydrogen) atoms. The molecule has 3 aromatic heterocycles. The Labute approximate surface area is 502 Å². The molecule has 0 aliphatic carbocycles. The van der Waals surface area contributed by atoms with E-state index in [0.29, 0.717) is 33.8 Å². The van der Waals surface area contributed by atoms with Crippen molar-refractivity contribution >= 4 is 70.1 Å². The Hall–Kier alpha value is -9.47. The van der Waals surface area contributed by atoms with E-state index in [4.69, 9.17) is 4.74 Å². The normalized spacial score (nSPS) is 10.9. The van der Waals surface area contributed by atoms with Crippen LogP contribution in [0.1, 0.15) is 89.8 Å². The van der Waals surface area contributed by atoms with E-state index in [0.717, 1.165) is 77.0 Å². The van der Waals surface area contributed by atoms with Crippen LogP contribution in [0.5, 0.6) is 5.75 Å². The molecule has 0 saturated heterocycles. The zero-order valence-electron chi connectivity index (χ0n) is 46.6. The van der Waals surface area contributed by atoms with Crippen LogP contribution in [0.4, 0.5) is 17.1 Å². The summed E-state index contributed by atoms with van der Waals surface area (Å²) in [5.41, 5.74) is 11.3. The molecule has 1 atom stereocenters. The number of aryl methyl sites for hydroxylation is 2. The van der Waals surface area contributed by atoms with Gasteiger partial charge in [0.1, 0.15) is 20.8 Å². The minimum absolute atomic E-state index is 0.0828. The topological polar surface area (TPSA) is 198 Å². The average molecular weight is 1170 g/mol. The lowest BCUT2D eigenvalue weighted by molar-refractivity contribution is 0.101. The first-order valence-corrected chi connectivity index (χ1v) is 29.7. The van der Waals surface area contributed by atoms with Crippen LogP contribution >= 0.6 is 35.3 Å². The number of carbonyl (C=O) groups excluding carboxylic acids is 3. The molecule has 3 heterocycles. The Balaban J connectivity index is 0.000000166. The van der Waals surface area contributed by atoms with Crippen LogP contribution in [0.25, 0.3) is 0 Å². The van der Waals surface area contributed by atoms with E-state index >= 15 is 0 Å². The monoisotopic (exact) mass is 1160 g/mol. The maximum Gasteiger partial charge on any atom is 0.255 e. The Kier molecular flexibility index (Phi) is 22.8. The van der Waals surface area contributed by atoms with Gasteiger partial charge in [0, 0.05) is 94.3 Å². The standard InChI is InChI=1S/C26H20N4OS.C21H21N3O2S.C20H19N3OS/c27-16-24(20-6-2-1-3-7-20)21-9-11-23(12-10-21)30-26(31)22-8-4-5-19(15-22)18-32-25-17-28-13-14-29-25;1-15(2)26-19-8-4-7-18(12-19)24-21(25)17-6-3-5-16(11-17)14-27-20-13-22-9-10-23-20;1-14-8-15(2)10-18(9-14)23-20(24)17-5-3-4-16(11-17)13-25-19-12-21-6-7-22-19/h1-15,17,24H,18H2,(H,30,31);3-13,15H,14H2,1-2H3,(H,24,25);3-12H,13H2,1-2H3,(H,23,24). The van der Waals surface area contributed by atoms with Gasteiger partial charge >= 0.3 is 0 Å². The first kappa shape index (κ1) is 60.6. The maximum absolute atomic E-state index is 12.7. The van der Waals surface area contributed by atoms with Gasteiger partial charge in [-0.25, -0.2) is 15.0 Å². The van der Waals surface area contributed by atoms with Gasteiger partial charge in [-0.2, -0.15) is 5.26 Å². The van der Waals surface area contributed by atoms with Gasteiger partial charge in [0.25, 0.3) is 17.7 Å². The molecule has 17 heteroatoms. The maximum atomic E-state index is 12.7. The van der Waals surface area contributed by atoms with E-state index in [1.807, 2.05) is 179 Å². The van der Waals surface area contributed by atoms with Crippen molar-refractivity contribution in [3.05, 3.63) is 281 Å².